The maximum absolute atomic E-state index is 12.0. The number of thioether (sulfide) groups is 1. The van der Waals surface area contributed by atoms with Crippen LogP contribution in [-0.4, -0.2) is 40.7 Å². The summed E-state index contributed by atoms with van der Waals surface area (Å²) < 4.78 is 0. The molecule has 2 aliphatic carbocycles. The molecule has 0 aliphatic heterocycles. The third kappa shape index (κ3) is 4.04. The Hall–Kier alpha value is -0.910. The summed E-state index contributed by atoms with van der Waals surface area (Å²) in [5, 5.41) is 15.5. The normalized spacial score (nSPS) is 33.6. The van der Waals surface area contributed by atoms with Crippen LogP contribution >= 0.6 is 11.8 Å². The molecule has 0 aromatic carbocycles. The second-order valence-electron chi connectivity index (χ2n) is 5.83. The Labute approximate surface area is 124 Å². The zero-order valence-corrected chi connectivity index (χ0v) is 12.7. The number of carbonyl (C=O) groups excluding carboxylic acids is 1. The highest BCUT2D eigenvalue weighted by Crippen LogP contribution is 2.28. The fourth-order valence-corrected chi connectivity index (χ4v) is 4.21. The Kier molecular flexibility index (Phi) is 5.57. The molecule has 2 amide bonds. The topological polar surface area (TPSA) is 78.4 Å². The van der Waals surface area contributed by atoms with E-state index >= 15 is 0 Å². The Balaban J connectivity index is 1.76. The zero-order valence-electron chi connectivity index (χ0n) is 11.9. The second-order valence-corrected chi connectivity index (χ2v) is 6.90. The fourth-order valence-electron chi connectivity index (χ4n) is 3.28. The van der Waals surface area contributed by atoms with Crippen LogP contribution in [0.4, 0.5) is 4.79 Å². The molecule has 6 heteroatoms. The lowest BCUT2D eigenvalue weighted by Gasteiger charge is -2.31. The molecule has 2 aliphatic rings. The number of amides is 2. The lowest BCUT2D eigenvalue weighted by atomic mass is 9.95. The van der Waals surface area contributed by atoms with Crippen molar-refractivity contribution in [1.82, 2.24) is 10.6 Å². The number of urea groups is 1. The molecule has 4 unspecified atom stereocenters. The standard InChI is InChI=1S/C14H24N2O3S/c1-20-12-5-3-2-4-11(12)16-14(19)15-10-7-6-9(8-10)13(17)18/h9-12H,2-8H2,1H3,(H,17,18)(H2,15,16,19). The van der Waals surface area contributed by atoms with E-state index in [0.29, 0.717) is 18.1 Å². The van der Waals surface area contributed by atoms with Gasteiger partial charge in [0.2, 0.25) is 0 Å². The van der Waals surface area contributed by atoms with Crippen molar-refractivity contribution in [3.63, 3.8) is 0 Å². The molecule has 0 heterocycles. The van der Waals surface area contributed by atoms with Gasteiger partial charge >= 0.3 is 12.0 Å². The van der Waals surface area contributed by atoms with Crippen molar-refractivity contribution >= 4 is 23.8 Å². The van der Waals surface area contributed by atoms with Crippen LogP contribution in [0.2, 0.25) is 0 Å². The van der Waals surface area contributed by atoms with Gasteiger partial charge in [-0.25, -0.2) is 4.79 Å². The van der Waals surface area contributed by atoms with E-state index in [1.165, 1.54) is 12.8 Å². The number of hydrogen-bond donors (Lipinski definition) is 3. The summed E-state index contributed by atoms with van der Waals surface area (Å²) in [6.45, 7) is 0. The zero-order chi connectivity index (χ0) is 14.5. The first-order valence-corrected chi connectivity index (χ1v) is 8.71. The van der Waals surface area contributed by atoms with Crippen molar-refractivity contribution in [3.05, 3.63) is 0 Å². The van der Waals surface area contributed by atoms with Gasteiger partial charge in [0.25, 0.3) is 0 Å². The first kappa shape index (κ1) is 15.5. The van der Waals surface area contributed by atoms with Crippen LogP contribution < -0.4 is 10.6 Å². The van der Waals surface area contributed by atoms with E-state index in [1.807, 2.05) is 11.8 Å². The summed E-state index contributed by atoms with van der Waals surface area (Å²) in [5.74, 6) is -1.04. The summed E-state index contributed by atoms with van der Waals surface area (Å²) in [6, 6.07) is 0.120. The molecule has 2 fully saturated rings. The smallest absolute Gasteiger partial charge is 0.315 e. The summed E-state index contributed by atoms with van der Waals surface area (Å²) in [4.78, 5) is 22.9. The fraction of sp³-hybridized carbons (Fsp3) is 0.857. The number of carboxylic acid groups (broad SMARTS) is 1. The van der Waals surface area contributed by atoms with Gasteiger partial charge in [0.15, 0.2) is 0 Å². The van der Waals surface area contributed by atoms with Gasteiger partial charge in [-0.1, -0.05) is 12.8 Å². The molecule has 3 N–H and O–H groups in total. The van der Waals surface area contributed by atoms with Gasteiger partial charge < -0.3 is 15.7 Å². The predicted molar refractivity (Wildman–Crippen MR) is 80.0 cm³/mol. The van der Waals surface area contributed by atoms with Gasteiger partial charge in [0, 0.05) is 17.3 Å². The first-order chi connectivity index (χ1) is 9.60. The van der Waals surface area contributed by atoms with Crippen LogP contribution in [0.1, 0.15) is 44.9 Å². The molecule has 20 heavy (non-hydrogen) atoms. The van der Waals surface area contributed by atoms with Crippen LogP contribution in [0.15, 0.2) is 0 Å². The second kappa shape index (κ2) is 7.20. The maximum Gasteiger partial charge on any atom is 0.315 e. The number of carboxylic acids is 1. The highest BCUT2D eigenvalue weighted by atomic mass is 32.2. The van der Waals surface area contributed by atoms with E-state index < -0.39 is 5.97 Å². The van der Waals surface area contributed by atoms with Crippen LogP contribution in [-0.2, 0) is 4.79 Å². The van der Waals surface area contributed by atoms with Crippen LogP contribution in [0.3, 0.4) is 0 Å². The minimum absolute atomic E-state index is 0.00687. The number of nitrogens with one attached hydrogen (secondary N) is 2. The molecule has 4 atom stereocenters. The Morgan fingerprint density at radius 2 is 1.85 bits per heavy atom. The molecule has 0 bridgehead atoms. The Morgan fingerprint density at radius 3 is 2.50 bits per heavy atom. The van der Waals surface area contributed by atoms with Gasteiger partial charge in [0.05, 0.1) is 5.92 Å². The molecule has 0 saturated heterocycles. The molecular weight excluding hydrogens is 276 g/mol. The van der Waals surface area contributed by atoms with Crippen molar-refractivity contribution in [1.29, 1.82) is 0 Å². The van der Waals surface area contributed by atoms with Crippen molar-refractivity contribution in [2.45, 2.75) is 62.3 Å². The van der Waals surface area contributed by atoms with Crippen molar-refractivity contribution in [2.24, 2.45) is 5.92 Å². The molecule has 0 spiro atoms. The minimum atomic E-state index is -0.746. The van der Waals surface area contributed by atoms with Crippen molar-refractivity contribution in [3.8, 4) is 0 Å². The molecule has 114 valence electrons. The number of aliphatic carboxylic acids is 1. The quantitative estimate of drug-likeness (QED) is 0.744. The van der Waals surface area contributed by atoms with Crippen molar-refractivity contribution < 1.29 is 14.7 Å². The minimum Gasteiger partial charge on any atom is -0.481 e. The molecule has 0 aromatic heterocycles. The predicted octanol–water partition coefficient (Wildman–Crippen LogP) is 2.21. The van der Waals surface area contributed by atoms with E-state index in [2.05, 4.69) is 16.9 Å². The van der Waals surface area contributed by atoms with Gasteiger partial charge in [-0.3, -0.25) is 4.79 Å². The van der Waals surface area contributed by atoms with Gasteiger partial charge in [0.1, 0.15) is 0 Å². The van der Waals surface area contributed by atoms with Crippen LogP contribution in [0, 0.1) is 5.92 Å². The van der Waals surface area contributed by atoms with E-state index in [0.717, 1.165) is 19.3 Å². The van der Waals surface area contributed by atoms with E-state index in [9.17, 15) is 9.59 Å². The maximum atomic E-state index is 12.0. The average molecular weight is 300 g/mol. The molecule has 0 radical (unpaired) electrons. The highest BCUT2D eigenvalue weighted by Gasteiger charge is 2.31. The summed E-state index contributed by atoms with van der Waals surface area (Å²) in [5.41, 5.74) is 0. The lowest BCUT2D eigenvalue weighted by molar-refractivity contribution is -0.141. The largest absolute Gasteiger partial charge is 0.481 e. The summed E-state index contributed by atoms with van der Waals surface area (Å²) in [7, 11) is 0. The van der Waals surface area contributed by atoms with Crippen LogP contribution in [0.5, 0.6) is 0 Å². The summed E-state index contributed by atoms with van der Waals surface area (Å²) in [6.07, 6.45) is 8.70. The van der Waals surface area contributed by atoms with E-state index in [4.69, 9.17) is 5.11 Å². The van der Waals surface area contributed by atoms with Gasteiger partial charge in [-0.05, 0) is 38.4 Å². The summed E-state index contributed by atoms with van der Waals surface area (Å²) >= 11 is 1.82. The monoisotopic (exact) mass is 300 g/mol. The van der Waals surface area contributed by atoms with Gasteiger partial charge in [-0.15, -0.1) is 0 Å². The number of rotatable bonds is 4. The van der Waals surface area contributed by atoms with E-state index in [-0.39, 0.29) is 24.0 Å². The number of hydrogen-bond acceptors (Lipinski definition) is 3. The SMILES string of the molecule is CSC1CCCCC1NC(=O)NC1CCC(C(=O)O)C1. The third-order valence-corrected chi connectivity index (χ3v) is 5.61. The molecule has 2 rings (SSSR count). The highest BCUT2D eigenvalue weighted by molar-refractivity contribution is 7.99. The molecule has 2 saturated carbocycles. The van der Waals surface area contributed by atoms with Crippen molar-refractivity contribution in [2.75, 3.05) is 6.26 Å². The number of carbonyl (C=O) groups is 2. The third-order valence-electron chi connectivity index (χ3n) is 4.44. The first-order valence-electron chi connectivity index (χ1n) is 7.42. The molecule has 5 nitrogen and oxygen atoms in total. The molecular formula is C14H24N2O3S. The van der Waals surface area contributed by atoms with E-state index in [1.54, 1.807) is 0 Å². The Bertz CT molecular complexity index is 364. The molecule has 0 aromatic rings. The average Bonchev–Trinajstić information content (AvgIpc) is 2.88. The van der Waals surface area contributed by atoms with Crippen LogP contribution in [0.25, 0.3) is 0 Å². The Morgan fingerprint density at radius 1 is 1.10 bits per heavy atom. The lowest BCUT2D eigenvalue weighted by Crippen LogP contribution is -2.50. The van der Waals surface area contributed by atoms with Gasteiger partial charge in [-0.2, -0.15) is 11.8 Å².